The highest BCUT2D eigenvalue weighted by molar-refractivity contribution is 5.58. The van der Waals surface area contributed by atoms with Gasteiger partial charge in [-0.2, -0.15) is 0 Å². The van der Waals surface area contributed by atoms with E-state index in [0.717, 1.165) is 19.0 Å². The Morgan fingerprint density at radius 3 is 2.65 bits per heavy atom. The van der Waals surface area contributed by atoms with Crippen LogP contribution in [-0.2, 0) is 0 Å². The molecule has 1 aliphatic rings. The molecule has 0 saturated heterocycles. The summed E-state index contributed by atoms with van der Waals surface area (Å²) in [6.07, 6.45) is 9.45. The maximum absolute atomic E-state index is 3.53. The average Bonchev–Trinajstić information content (AvgIpc) is 2.48. The second-order valence-corrected chi connectivity index (χ2v) is 6.19. The number of nitrogens with one attached hydrogen (secondary N) is 1. The van der Waals surface area contributed by atoms with Crippen molar-refractivity contribution < 1.29 is 0 Å². The zero-order valence-electron chi connectivity index (χ0n) is 13.3. The van der Waals surface area contributed by atoms with Gasteiger partial charge in [-0.05, 0) is 50.3 Å². The first-order valence-corrected chi connectivity index (χ1v) is 8.19. The van der Waals surface area contributed by atoms with Gasteiger partial charge in [0.05, 0.1) is 0 Å². The summed E-state index contributed by atoms with van der Waals surface area (Å²) in [5.41, 5.74) is 5.76. The molecular formula is C19H29N. The molecule has 0 atom stereocenters. The molecule has 0 aliphatic heterocycles. The second-order valence-electron chi connectivity index (χ2n) is 6.19. The first kappa shape index (κ1) is 15.3. The fourth-order valence-electron chi connectivity index (χ4n) is 3.17. The SMILES string of the molecule is CCNC/C(=C/c1cc(C)ccc1C)C1CCCCC1. The summed E-state index contributed by atoms with van der Waals surface area (Å²) >= 11 is 0. The van der Waals surface area contributed by atoms with Crippen LogP contribution in [0.4, 0.5) is 0 Å². The average molecular weight is 271 g/mol. The van der Waals surface area contributed by atoms with Crippen LogP contribution in [0.25, 0.3) is 6.08 Å². The zero-order valence-corrected chi connectivity index (χ0v) is 13.3. The number of hydrogen-bond donors (Lipinski definition) is 1. The van der Waals surface area contributed by atoms with Crippen LogP contribution in [0.2, 0.25) is 0 Å². The van der Waals surface area contributed by atoms with Gasteiger partial charge in [-0.25, -0.2) is 0 Å². The molecule has 0 unspecified atom stereocenters. The Bertz CT molecular complexity index is 453. The normalized spacial score (nSPS) is 17.4. The standard InChI is InChI=1S/C19H29N/c1-4-20-14-19(17-8-6-5-7-9-17)13-18-12-15(2)10-11-16(18)3/h10-13,17,20H,4-9,14H2,1-3H3/b19-13-. The number of hydrogen-bond acceptors (Lipinski definition) is 1. The van der Waals surface area contributed by atoms with Crippen molar-refractivity contribution in [1.82, 2.24) is 5.32 Å². The first-order valence-electron chi connectivity index (χ1n) is 8.19. The Balaban J connectivity index is 2.23. The van der Waals surface area contributed by atoms with Gasteiger partial charge in [0.2, 0.25) is 0 Å². The van der Waals surface area contributed by atoms with Crippen molar-refractivity contribution in [2.24, 2.45) is 5.92 Å². The van der Waals surface area contributed by atoms with Crippen LogP contribution >= 0.6 is 0 Å². The molecule has 1 heteroatoms. The van der Waals surface area contributed by atoms with Crippen molar-refractivity contribution in [3.63, 3.8) is 0 Å². The fourth-order valence-corrected chi connectivity index (χ4v) is 3.17. The highest BCUT2D eigenvalue weighted by Crippen LogP contribution is 2.31. The van der Waals surface area contributed by atoms with Crippen LogP contribution in [0, 0.1) is 19.8 Å². The lowest BCUT2D eigenvalue weighted by Crippen LogP contribution is -2.22. The van der Waals surface area contributed by atoms with Crippen molar-refractivity contribution in [2.45, 2.75) is 52.9 Å². The smallest absolute Gasteiger partial charge is 0.0170 e. The van der Waals surface area contributed by atoms with Crippen LogP contribution < -0.4 is 5.32 Å². The molecule has 1 fully saturated rings. The minimum atomic E-state index is 0.794. The largest absolute Gasteiger partial charge is 0.313 e. The predicted molar refractivity (Wildman–Crippen MR) is 89.0 cm³/mol. The molecule has 0 heterocycles. The highest BCUT2D eigenvalue weighted by Gasteiger charge is 2.17. The van der Waals surface area contributed by atoms with Crippen LogP contribution in [0.3, 0.4) is 0 Å². The molecule has 110 valence electrons. The molecule has 1 aromatic carbocycles. The lowest BCUT2D eigenvalue weighted by Gasteiger charge is -2.25. The van der Waals surface area contributed by atoms with E-state index in [1.54, 1.807) is 5.57 Å². The number of benzene rings is 1. The summed E-state index contributed by atoms with van der Waals surface area (Å²) in [7, 11) is 0. The summed E-state index contributed by atoms with van der Waals surface area (Å²) in [5, 5.41) is 3.53. The summed E-state index contributed by atoms with van der Waals surface area (Å²) in [5.74, 6) is 0.794. The summed E-state index contributed by atoms with van der Waals surface area (Å²) < 4.78 is 0. The Morgan fingerprint density at radius 2 is 1.95 bits per heavy atom. The predicted octanol–water partition coefficient (Wildman–Crippen LogP) is 4.88. The Hall–Kier alpha value is -1.08. The van der Waals surface area contributed by atoms with Gasteiger partial charge >= 0.3 is 0 Å². The molecule has 20 heavy (non-hydrogen) atoms. The third kappa shape index (κ3) is 4.21. The van der Waals surface area contributed by atoms with Gasteiger partial charge in [0.25, 0.3) is 0 Å². The summed E-state index contributed by atoms with van der Waals surface area (Å²) in [6.45, 7) is 8.69. The molecule has 1 aliphatic carbocycles. The molecule has 1 N–H and O–H groups in total. The topological polar surface area (TPSA) is 12.0 Å². The maximum Gasteiger partial charge on any atom is 0.0170 e. The van der Waals surface area contributed by atoms with Crippen LogP contribution in [-0.4, -0.2) is 13.1 Å². The van der Waals surface area contributed by atoms with Gasteiger partial charge < -0.3 is 5.32 Å². The number of likely N-dealkylation sites (N-methyl/N-ethyl adjacent to an activating group) is 1. The highest BCUT2D eigenvalue weighted by atomic mass is 14.8. The molecule has 0 amide bonds. The van der Waals surface area contributed by atoms with E-state index in [1.807, 2.05) is 0 Å². The van der Waals surface area contributed by atoms with Gasteiger partial charge in [0, 0.05) is 6.54 Å². The number of rotatable bonds is 5. The Morgan fingerprint density at radius 1 is 1.20 bits per heavy atom. The van der Waals surface area contributed by atoms with E-state index in [2.05, 4.69) is 50.4 Å². The zero-order chi connectivity index (χ0) is 14.4. The molecule has 1 nitrogen and oxygen atoms in total. The van der Waals surface area contributed by atoms with E-state index in [1.165, 1.54) is 48.8 Å². The molecular weight excluding hydrogens is 242 g/mol. The van der Waals surface area contributed by atoms with Crippen molar-refractivity contribution in [2.75, 3.05) is 13.1 Å². The Kier molecular flexibility index (Phi) is 5.85. The van der Waals surface area contributed by atoms with Crippen molar-refractivity contribution in [3.8, 4) is 0 Å². The molecule has 0 bridgehead atoms. The van der Waals surface area contributed by atoms with E-state index in [0.29, 0.717) is 0 Å². The molecule has 1 saturated carbocycles. The third-order valence-electron chi connectivity index (χ3n) is 4.48. The third-order valence-corrected chi connectivity index (χ3v) is 4.48. The second kappa shape index (κ2) is 7.64. The lowest BCUT2D eigenvalue weighted by molar-refractivity contribution is 0.397. The van der Waals surface area contributed by atoms with Gasteiger partial charge in [0.15, 0.2) is 0 Å². The van der Waals surface area contributed by atoms with E-state index >= 15 is 0 Å². The molecule has 2 rings (SSSR count). The van der Waals surface area contributed by atoms with Crippen LogP contribution in [0.15, 0.2) is 23.8 Å². The van der Waals surface area contributed by atoms with Crippen molar-refractivity contribution >= 4 is 6.08 Å². The lowest BCUT2D eigenvalue weighted by atomic mass is 9.82. The van der Waals surface area contributed by atoms with E-state index in [9.17, 15) is 0 Å². The maximum atomic E-state index is 3.53. The monoisotopic (exact) mass is 271 g/mol. The summed E-state index contributed by atoms with van der Waals surface area (Å²) in [4.78, 5) is 0. The number of aryl methyl sites for hydroxylation is 2. The van der Waals surface area contributed by atoms with E-state index < -0.39 is 0 Å². The van der Waals surface area contributed by atoms with Gasteiger partial charge in [0.1, 0.15) is 0 Å². The van der Waals surface area contributed by atoms with Gasteiger partial charge in [-0.15, -0.1) is 0 Å². The van der Waals surface area contributed by atoms with E-state index in [4.69, 9.17) is 0 Å². The minimum absolute atomic E-state index is 0.794. The van der Waals surface area contributed by atoms with Crippen LogP contribution in [0.5, 0.6) is 0 Å². The Labute approximate surface area is 124 Å². The molecule has 1 aromatic rings. The first-order chi connectivity index (χ1) is 9.70. The minimum Gasteiger partial charge on any atom is -0.313 e. The molecule has 0 spiro atoms. The van der Waals surface area contributed by atoms with Crippen molar-refractivity contribution in [3.05, 3.63) is 40.5 Å². The van der Waals surface area contributed by atoms with Gasteiger partial charge in [-0.1, -0.05) is 61.6 Å². The molecule has 0 aromatic heterocycles. The van der Waals surface area contributed by atoms with Gasteiger partial charge in [-0.3, -0.25) is 0 Å². The van der Waals surface area contributed by atoms with E-state index in [-0.39, 0.29) is 0 Å². The fraction of sp³-hybridized carbons (Fsp3) is 0.579. The van der Waals surface area contributed by atoms with Crippen molar-refractivity contribution in [1.29, 1.82) is 0 Å². The van der Waals surface area contributed by atoms with Crippen LogP contribution in [0.1, 0.15) is 55.7 Å². The molecule has 0 radical (unpaired) electrons. The summed E-state index contributed by atoms with van der Waals surface area (Å²) in [6, 6.07) is 6.77. The quantitative estimate of drug-likeness (QED) is 0.805.